The zero-order valence-electron chi connectivity index (χ0n) is 20.6. The number of halogens is 1. The van der Waals surface area contributed by atoms with E-state index in [1.165, 1.54) is 0 Å². The summed E-state index contributed by atoms with van der Waals surface area (Å²) < 4.78 is 3.59. The summed E-state index contributed by atoms with van der Waals surface area (Å²) in [5, 5.41) is 3.60. The van der Waals surface area contributed by atoms with Crippen LogP contribution in [0, 0.1) is 12.8 Å². The van der Waals surface area contributed by atoms with E-state index in [1.54, 1.807) is 16.8 Å². The van der Waals surface area contributed by atoms with Crippen molar-refractivity contribution in [2.45, 2.75) is 58.5 Å². The number of fused-ring (bicyclic) bond motifs is 1. The number of nitrogens with one attached hydrogen (secondary N) is 1. The Morgan fingerprint density at radius 1 is 1.06 bits per heavy atom. The summed E-state index contributed by atoms with van der Waals surface area (Å²) in [6.07, 6.45) is 7.91. The van der Waals surface area contributed by atoms with Crippen LogP contribution in [0.25, 0.3) is 16.9 Å². The van der Waals surface area contributed by atoms with Gasteiger partial charge in [-0.3, -0.25) is 14.3 Å². The molecule has 186 valence electrons. The summed E-state index contributed by atoms with van der Waals surface area (Å²) in [4.78, 5) is 35.1. The molecule has 0 aliphatic heterocycles. The number of pyridine rings is 2. The lowest BCUT2D eigenvalue weighted by molar-refractivity contribution is 0.0919. The molecule has 0 radical (unpaired) electrons. The maximum absolute atomic E-state index is 13.6. The molecular formula is C28H30ClN5O2. The van der Waals surface area contributed by atoms with Gasteiger partial charge in [0.25, 0.3) is 5.91 Å². The normalized spacial score (nSPS) is 17.9. The first kappa shape index (κ1) is 24.3. The Balaban J connectivity index is 1.30. The monoisotopic (exact) mass is 503 g/mol. The van der Waals surface area contributed by atoms with Gasteiger partial charge in [0.2, 0.25) is 0 Å². The zero-order chi connectivity index (χ0) is 25.2. The van der Waals surface area contributed by atoms with Gasteiger partial charge in [0.15, 0.2) is 0 Å². The molecule has 36 heavy (non-hydrogen) atoms. The minimum Gasteiger partial charge on any atom is -0.349 e. The van der Waals surface area contributed by atoms with E-state index in [1.807, 2.05) is 54.1 Å². The van der Waals surface area contributed by atoms with Crippen LogP contribution in [-0.4, -0.2) is 31.1 Å². The van der Waals surface area contributed by atoms with Crippen LogP contribution in [0.4, 0.5) is 0 Å². The summed E-state index contributed by atoms with van der Waals surface area (Å²) in [5.41, 5.74) is 4.05. The third-order valence-corrected chi connectivity index (χ3v) is 7.41. The van der Waals surface area contributed by atoms with Crippen LogP contribution in [0.2, 0.25) is 5.02 Å². The minimum atomic E-state index is -0.133. The van der Waals surface area contributed by atoms with E-state index in [2.05, 4.69) is 22.2 Å². The lowest BCUT2D eigenvalue weighted by Gasteiger charge is -2.29. The van der Waals surface area contributed by atoms with E-state index in [0.29, 0.717) is 34.6 Å². The Kier molecular flexibility index (Phi) is 6.92. The van der Waals surface area contributed by atoms with E-state index in [-0.39, 0.29) is 17.6 Å². The summed E-state index contributed by atoms with van der Waals surface area (Å²) in [7, 11) is 0. The molecule has 0 spiro atoms. The van der Waals surface area contributed by atoms with E-state index >= 15 is 0 Å². The molecule has 0 unspecified atom stereocenters. The van der Waals surface area contributed by atoms with E-state index in [9.17, 15) is 9.59 Å². The van der Waals surface area contributed by atoms with Crippen LogP contribution in [0.15, 0.2) is 59.7 Å². The topological polar surface area (TPSA) is 81.8 Å². The predicted molar refractivity (Wildman–Crippen MR) is 142 cm³/mol. The fourth-order valence-corrected chi connectivity index (χ4v) is 5.27. The number of aryl methyl sites for hydroxylation is 2. The first-order valence-electron chi connectivity index (χ1n) is 12.5. The van der Waals surface area contributed by atoms with Crippen molar-refractivity contribution < 1.29 is 4.79 Å². The Morgan fingerprint density at radius 3 is 2.50 bits per heavy atom. The Morgan fingerprint density at radius 2 is 1.81 bits per heavy atom. The molecule has 4 aromatic rings. The molecule has 1 fully saturated rings. The van der Waals surface area contributed by atoms with Gasteiger partial charge in [-0.1, -0.05) is 36.7 Å². The molecule has 0 saturated heterocycles. The van der Waals surface area contributed by atoms with Gasteiger partial charge in [-0.05, 0) is 74.8 Å². The highest BCUT2D eigenvalue weighted by Crippen LogP contribution is 2.27. The second kappa shape index (κ2) is 10.3. The molecule has 1 aromatic carbocycles. The van der Waals surface area contributed by atoms with Gasteiger partial charge in [-0.25, -0.2) is 14.3 Å². The molecule has 1 aliphatic carbocycles. The highest BCUT2D eigenvalue weighted by atomic mass is 35.5. The average molecular weight is 504 g/mol. The lowest BCUT2D eigenvalue weighted by atomic mass is 9.85. The lowest BCUT2D eigenvalue weighted by Crippen LogP contribution is -2.39. The first-order chi connectivity index (χ1) is 17.4. The number of hydrogen-bond acceptors (Lipinski definition) is 4. The van der Waals surface area contributed by atoms with E-state index < -0.39 is 0 Å². The van der Waals surface area contributed by atoms with Gasteiger partial charge >= 0.3 is 5.69 Å². The highest BCUT2D eigenvalue weighted by Gasteiger charge is 2.25. The third kappa shape index (κ3) is 4.80. The number of rotatable bonds is 6. The van der Waals surface area contributed by atoms with E-state index in [0.717, 1.165) is 48.7 Å². The Bertz CT molecular complexity index is 1450. The van der Waals surface area contributed by atoms with Crippen molar-refractivity contribution in [1.29, 1.82) is 0 Å². The van der Waals surface area contributed by atoms with Gasteiger partial charge < -0.3 is 5.32 Å². The molecule has 0 bridgehead atoms. The van der Waals surface area contributed by atoms with Crippen LogP contribution in [0.3, 0.4) is 0 Å². The fourth-order valence-electron chi connectivity index (χ4n) is 5.11. The van der Waals surface area contributed by atoms with Crippen molar-refractivity contribution in [3.8, 4) is 5.82 Å². The maximum Gasteiger partial charge on any atom is 0.334 e. The number of benzene rings is 1. The first-order valence-corrected chi connectivity index (χ1v) is 12.9. The smallest absolute Gasteiger partial charge is 0.334 e. The number of aromatic nitrogens is 4. The zero-order valence-corrected chi connectivity index (χ0v) is 21.3. The summed E-state index contributed by atoms with van der Waals surface area (Å²) >= 11 is 6.03. The second-order valence-corrected chi connectivity index (χ2v) is 10.0. The molecule has 0 atom stereocenters. The Hall–Kier alpha value is -3.45. The molecule has 1 N–H and O–H groups in total. The standard InChI is InChI=1S/C28H30ClN5O2/c1-3-19-10-13-26(31-15-19)34-25-7-5-4-6-24(25)33(28(34)36)17-20-8-11-22(12-9-20)32-27(35)23-14-21(29)16-30-18(23)2/h4-7,10,13-16,20,22H,3,8-9,11-12,17H2,1-2H3,(H,32,35). The summed E-state index contributed by atoms with van der Waals surface area (Å²) in [6.45, 7) is 4.55. The molecule has 7 nitrogen and oxygen atoms in total. The van der Waals surface area contributed by atoms with Crippen LogP contribution in [0.5, 0.6) is 0 Å². The number of para-hydroxylation sites is 2. The highest BCUT2D eigenvalue weighted by molar-refractivity contribution is 6.30. The van der Waals surface area contributed by atoms with Gasteiger partial charge in [0.05, 0.1) is 27.3 Å². The molecule has 1 amide bonds. The van der Waals surface area contributed by atoms with Crippen LogP contribution >= 0.6 is 11.6 Å². The SMILES string of the molecule is CCc1ccc(-n2c(=O)n(CC3CCC(NC(=O)c4cc(Cl)cnc4C)CC3)c3ccccc32)nc1. The molecule has 8 heteroatoms. The molecular weight excluding hydrogens is 474 g/mol. The minimum absolute atomic E-state index is 0.0627. The van der Waals surface area contributed by atoms with Crippen molar-refractivity contribution in [3.63, 3.8) is 0 Å². The van der Waals surface area contributed by atoms with Gasteiger partial charge in [0, 0.05) is 25.0 Å². The molecule has 1 saturated carbocycles. The molecule has 3 aromatic heterocycles. The maximum atomic E-state index is 13.6. The average Bonchev–Trinajstić information content (AvgIpc) is 3.17. The van der Waals surface area contributed by atoms with E-state index in [4.69, 9.17) is 11.6 Å². The quantitative estimate of drug-likeness (QED) is 0.397. The number of amides is 1. The molecule has 5 rings (SSSR count). The number of carbonyl (C=O) groups excluding carboxylic acids is 1. The van der Waals surface area contributed by atoms with Crippen molar-refractivity contribution in [2.75, 3.05) is 0 Å². The van der Waals surface area contributed by atoms with Gasteiger partial charge in [-0.15, -0.1) is 0 Å². The number of imidazole rings is 1. The van der Waals surface area contributed by atoms with Gasteiger partial charge in [-0.2, -0.15) is 0 Å². The number of hydrogen-bond donors (Lipinski definition) is 1. The van der Waals surface area contributed by atoms with Crippen molar-refractivity contribution >= 4 is 28.5 Å². The van der Waals surface area contributed by atoms with Crippen molar-refractivity contribution in [2.24, 2.45) is 5.92 Å². The molecule has 1 aliphatic rings. The largest absolute Gasteiger partial charge is 0.349 e. The number of carbonyl (C=O) groups is 1. The van der Waals surface area contributed by atoms with Crippen molar-refractivity contribution in [1.82, 2.24) is 24.4 Å². The van der Waals surface area contributed by atoms with Crippen LogP contribution in [-0.2, 0) is 13.0 Å². The van der Waals surface area contributed by atoms with Crippen LogP contribution in [0.1, 0.15) is 54.2 Å². The fraction of sp³-hybridized carbons (Fsp3) is 0.357. The third-order valence-electron chi connectivity index (χ3n) is 7.20. The predicted octanol–water partition coefficient (Wildman–Crippen LogP) is 5.10. The van der Waals surface area contributed by atoms with Crippen molar-refractivity contribution in [3.05, 3.63) is 87.2 Å². The molecule has 3 heterocycles. The summed E-state index contributed by atoms with van der Waals surface area (Å²) in [6, 6.07) is 13.6. The number of nitrogens with zero attached hydrogens (tertiary/aromatic N) is 4. The van der Waals surface area contributed by atoms with Crippen LogP contribution < -0.4 is 11.0 Å². The Labute approximate surface area is 215 Å². The van der Waals surface area contributed by atoms with Gasteiger partial charge in [0.1, 0.15) is 5.82 Å². The summed E-state index contributed by atoms with van der Waals surface area (Å²) in [5.74, 6) is 0.872. The second-order valence-electron chi connectivity index (χ2n) is 9.57.